The molecular formula is C40H47F3N4O3. The Kier molecular flexibility index (Phi) is 11.3. The lowest BCUT2D eigenvalue weighted by molar-refractivity contribution is -0.147. The largest absolute Gasteiger partial charge is 0.497 e. The first-order chi connectivity index (χ1) is 24.1. The summed E-state index contributed by atoms with van der Waals surface area (Å²) in [5.41, 5.74) is 3.06. The van der Waals surface area contributed by atoms with E-state index in [0.29, 0.717) is 18.7 Å². The molecule has 1 aromatic heterocycles. The van der Waals surface area contributed by atoms with Crippen molar-refractivity contribution < 1.29 is 27.4 Å². The zero-order chi connectivity index (χ0) is 35.3. The number of alkyl halides is 2. The maximum absolute atomic E-state index is 14.4. The summed E-state index contributed by atoms with van der Waals surface area (Å²) in [6, 6.07) is 24.0. The molecule has 0 bridgehead atoms. The fraction of sp³-hybridized carbons (Fsp3) is 0.450. The number of imidazole rings is 1. The first-order valence-corrected chi connectivity index (χ1v) is 17.5. The predicted octanol–water partition coefficient (Wildman–Crippen LogP) is 7.82. The van der Waals surface area contributed by atoms with Gasteiger partial charge in [0.05, 0.1) is 19.2 Å². The van der Waals surface area contributed by atoms with Crippen LogP contribution < -0.4 is 4.74 Å². The Morgan fingerprint density at radius 1 is 0.960 bits per heavy atom. The fourth-order valence-corrected chi connectivity index (χ4v) is 7.58. The van der Waals surface area contributed by atoms with Crippen molar-refractivity contribution in [2.75, 3.05) is 39.8 Å². The van der Waals surface area contributed by atoms with Gasteiger partial charge >= 0.3 is 5.97 Å². The predicted molar refractivity (Wildman–Crippen MR) is 187 cm³/mol. The number of halogens is 3. The second-order valence-corrected chi connectivity index (χ2v) is 14.3. The highest BCUT2D eigenvalue weighted by Gasteiger charge is 2.42. The molecule has 0 saturated carbocycles. The van der Waals surface area contributed by atoms with Crippen LogP contribution in [0, 0.1) is 11.7 Å². The van der Waals surface area contributed by atoms with E-state index >= 15 is 0 Å². The van der Waals surface area contributed by atoms with Crippen LogP contribution >= 0.6 is 0 Å². The van der Waals surface area contributed by atoms with Crippen molar-refractivity contribution in [3.63, 3.8) is 0 Å². The third-order valence-electron chi connectivity index (χ3n) is 10.4. The first-order valence-electron chi connectivity index (χ1n) is 17.5. The van der Waals surface area contributed by atoms with E-state index in [2.05, 4.69) is 28.6 Å². The Labute approximate surface area is 293 Å². The molecule has 4 aromatic rings. The lowest BCUT2D eigenvalue weighted by Crippen LogP contribution is -2.45. The van der Waals surface area contributed by atoms with Crippen LogP contribution in [0.1, 0.15) is 79.7 Å². The van der Waals surface area contributed by atoms with E-state index in [0.717, 1.165) is 61.5 Å². The van der Waals surface area contributed by atoms with Gasteiger partial charge in [-0.1, -0.05) is 54.6 Å². The number of methoxy groups -OCH3 is 1. The summed E-state index contributed by atoms with van der Waals surface area (Å²) in [7, 11) is 1.61. The zero-order valence-electron chi connectivity index (χ0n) is 29.1. The zero-order valence-corrected chi connectivity index (χ0v) is 29.1. The molecule has 6 rings (SSSR count). The van der Waals surface area contributed by atoms with Crippen molar-refractivity contribution in [1.29, 1.82) is 0 Å². The molecule has 0 amide bonds. The van der Waals surface area contributed by atoms with Gasteiger partial charge in [0.1, 0.15) is 18.2 Å². The summed E-state index contributed by atoms with van der Waals surface area (Å²) in [5, 5.41) is 0. The van der Waals surface area contributed by atoms with E-state index in [1.54, 1.807) is 23.8 Å². The first kappa shape index (κ1) is 35.7. The molecule has 0 spiro atoms. The molecule has 0 radical (unpaired) electrons. The smallest absolute Gasteiger partial charge is 0.307 e. The van der Waals surface area contributed by atoms with Crippen LogP contribution in [0.3, 0.4) is 0 Å². The van der Waals surface area contributed by atoms with Crippen LogP contribution in [0.2, 0.25) is 0 Å². The third kappa shape index (κ3) is 8.76. The second-order valence-electron chi connectivity index (χ2n) is 14.3. The highest BCUT2D eigenvalue weighted by molar-refractivity contribution is 5.70. The topological polar surface area (TPSA) is 59.8 Å². The van der Waals surface area contributed by atoms with Crippen molar-refractivity contribution in [3.05, 3.63) is 119 Å². The van der Waals surface area contributed by atoms with Crippen LogP contribution in [-0.2, 0) is 22.6 Å². The van der Waals surface area contributed by atoms with Gasteiger partial charge < -0.3 is 18.9 Å². The number of esters is 1. The maximum atomic E-state index is 14.4. The molecule has 2 saturated heterocycles. The third-order valence-corrected chi connectivity index (χ3v) is 10.4. The van der Waals surface area contributed by atoms with Gasteiger partial charge in [0, 0.05) is 62.8 Å². The monoisotopic (exact) mass is 688 g/mol. The minimum absolute atomic E-state index is 0.0470. The number of benzene rings is 3. The number of likely N-dealkylation sites (tertiary alicyclic amines) is 2. The Bertz CT molecular complexity index is 1700. The van der Waals surface area contributed by atoms with Crippen LogP contribution in [0.5, 0.6) is 5.75 Å². The average Bonchev–Trinajstić information content (AvgIpc) is 3.74. The molecule has 266 valence electrons. The van der Waals surface area contributed by atoms with Gasteiger partial charge in [-0.15, -0.1) is 0 Å². The van der Waals surface area contributed by atoms with E-state index in [9.17, 15) is 18.0 Å². The quantitative estimate of drug-likeness (QED) is 0.134. The molecule has 2 aliphatic heterocycles. The Morgan fingerprint density at radius 2 is 1.70 bits per heavy atom. The number of carbonyl (C=O) groups excluding carboxylic acids is 1. The van der Waals surface area contributed by atoms with E-state index in [1.807, 2.05) is 66.9 Å². The number of piperidine rings is 1. The molecule has 10 heteroatoms. The fourth-order valence-electron chi connectivity index (χ4n) is 7.58. The molecule has 50 heavy (non-hydrogen) atoms. The highest BCUT2D eigenvalue weighted by Crippen LogP contribution is 2.39. The van der Waals surface area contributed by atoms with Crippen molar-refractivity contribution in [2.45, 2.75) is 70.1 Å². The van der Waals surface area contributed by atoms with Gasteiger partial charge in [-0.3, -0.25) is 9.69 Å². The summed E-state index contributed by atoms with van der Waals surface area (Å²) in [6.07, 6.45) is 1.40. The van der Waals surface area contributed by atoms with E-state index in [-0.39, 0.29) is 48.5 Å². The normalized spacial score (nSPS) is 19.3. The number of rotatable bonds is 13. The van der Waals surface area contributed by atoms with Crippen LogP contribution in [-0.4, -0.2) is 70.7 Å². The molecular weight excluding hydrogens is 641 g/mol. The Hall–Kier alpha value is -4.15. The van der Waals surface area contributed by atoms with Gasteiger partial charge in [0.25, 0.3) is 6.43 Å². The molecule has 0 N–H and O–H groups in total. The molecule has 2 fully saturated rings. The molecule has 3 aromatic carbocycles. The summed E-state index contributed by atoms with van der Waals surface area (Å²) < 4.78 is 55.2. The van der Waals surface area contributed by atoms with E-state index in [4.69, 9.17) is 9.47 Å². The molecule has 0 aliphatic carbocycles. The van der Waals surface area contributed by atoms with E-state index < -0.39 is 12.0 Å². The number of carbonyl (C=O) groups is 1. The summed E-state index contributed by atoms with van der Waals surface area (Å²) in [6.45, 7) is 8.11. The van der Waals surface area contributed by atoms with Crippen molar-refractivity contribution >= 4 is 5.97 Å². The molecule has 0 unspecified atom stereocenters. The average molecular weight is 689 g/mol. The van der Waals surface area contributed by atoms with Gasteiger partial charge in [-0.2, -0.15) is 0 Å². The lowest BCUT2D eigenvalue weighted by atomic mass is 9.88. The van der Waals surface area contributed by atoms with Crippen molar-refractivity contribution in [2.24, 2.45) is 5.92 Å². The number of ether oxygens (including phenoxy) is 2. The van der Waals surface area contributed by atoms with Gasteiger partial charge in [0.2, 0.25) is 0 Å². The molecule has 2 aliphatic rings. The number of aromatic nitrogens is 2. The van der Waals surface area contributed by atoms with Gasteiger partial charge in [0.15, 0.2) is 5.82 Å². The lowest BCUT2D eigenvalue weighted by Gasteiger charge is -2.36. The Morgan fingerprint density at radius 3 is 2.38 bits per heavy atom. The van der Waals surface area contributed by atoms with Gasteiger partial charge in [-0.05, 0) is 73.6 Å². The van der Waals surface area contributed by atoms with E-state index in [1.165, 1.54) is 6.07 Å². The summed E-state index contributed by atoms with van der Waals surface area (Å²) in [4.78, 5) is 22.1. The second kappa shape index (κ2) is 15.8. The minimum atomic E-state index is -2.64. The molecule has 2 atom stereocenters. The Balaban J connectivity index is 1.09. The van der Waals surface area contributed by atoms with Crippen LogP contribution in [0.25, 0.3) is 0 Å². The molecule has 7 nitrogen and oxygen atoms in total. The van der Waals surface area contributed by atoms with Crippen molar-refractivity contribution in [3.8, 4) is 5.75 Å². The minimum Gasteiger partial charge on any atom is -0.497 e. The van der Waals surface area contributed by atoms with Crippen LogP contribution in [0.15, 0.2) is 85.1 Å². The SMILES string of the molecule is COc1ccc(COC(=O)CC(C)(C)N2C[C@H](CN3CCC(n4cc(Cc5ccccc5)nc4C(F)F)CC3)[C@@H](c3cccc(F)c3)C2)cc1. The molecule has 3 heterocycles. The number of hydrogen-bond donors (Lipinski definition) is 0. The van der Waals surface area contributed by atoms with Crippen LogP contribution in [0.4, 0.5) is 13.2 Å². The summed E-state index contributed by atoms with van der Waals surface area (Å²) >= 11 is 0. The standard InChI is InChI=1S/C40H47F3N4O3/c1-40(2,22-37(48)50-27-29-12-14-35(49-3)15-13-29)46-24-31(36(26-46)30-10-7-11-32(41)21-30)23-45-18-16-34(17-19-45)47-25-33(44-39(47)38(42)43)20-28-8-5-4-6-9-28/h4-15,21,25,31,34,36,38H,16-20,22-24,26-27H2,1-3H3/t31-,36+/m0/s1. The van der Waals surface area contributed by atoms with Crippen molar-refractivity contribution in [1.82, 2.24) is 19.4 Å². The number of nitrogens with zero attached hydrogens (tertiary/aromatic N) is 4. The van der Waals surface area contributed by atoms with Gasteiger partial charge in [-0.25, -0.2) is 18.2 Å². The maximum Gasteiger partial charge on any atom is 0.307 e. The number of hydrogen-bond acceptors (Lipinski definition) is 6. The highest BCUT2D eigenvalue weighted by atomic mass is 19.3. The summed E-state index contributed by atoms with van der Waals surface area (Å²) in [5.74, 6) is 0.339.